The largest absolute Gasteiger partial charge is 0.339 e. The summed E-state index contributed by atoms with van der Waals surface area (Å²) in [6.45, 7) is 8.02. The molecule has 0 bridgehead atoms. The number of carbonyl (C=O) groups is 1. The van der Waals surface area contributed by atoms with E-state index >= 15 is 0 Å². The van der Waals surface area contributed by atoms with Gasteiger partial charge in [0.15, 0.2) is 0 Å². The fraction of sp³-hybridized carbons (Fsp3) is 0.769. The highest BCUT2D eigenvalue weighted by Crippen LogP contribution is 2.08. The Morgan fingerprint density at radius 1 is 1.35 bits per heavy atom. The minimum atomic E-state index is -0.353. The van der Waals surface area contributed by atoms with Crippen LogP contribution in [0.2, 0.25) is 0 Å². The summed E-state index contributed by atoms with van der Waals surface area (Å²) in [5, 5.41) is 0. The SMILES string of the molecule is C#CCN1CCN(C(=O)[C@@H](N)CC(C)C)CC1. The first kappa shape index (κ1) is 14.0. The van der Waals surface area contributed by atoms with Crippen molar-refractivity contribution in [1.29, 1.82) is 0 Å². The van der Waals surface area contributed by atoms with Crippen LogP contribution in [0.1, 0.15) is 20.3 Å². The molecule has 1 amide bonds. The summed E-state index contributed by atoms with van der Waals surface area (Å²) in [5.41, 5.74) is 5.91. The summed E-state index contributed by atoms with van der Waals surface area (Å²) in [6.07, 6.45) is 6.02. The van der Waals surface area contributed by atoms with E-state index in [1.807, 2.05) is 4.90 Å². The molecule has 0 saturated carbocycles. The number of nitrogens with zero attached hydrogens (tertiary/aromatic N) is 2. The highest BCUT2D eigenvalue weighted by atomic mass is 16.2. The lowest BCUT2D eigenvalue weighted by molar-refractivity contribution is -0.134. The van der Waals surface area contributed by atoms with Crippen molar-refractivity contribution in [2.24, 2.45) is 11.7 Å². The molecule has 1 atom stereocenters. The van der Waals surface area contributed by atoms with Gasteiger partial charge in [-0.15, -0.1) is 6.42 Å². The van der Waals surface area contributed by atoms with Crippen LogP contribution in [0.25, 0.3) is 0 Å². The Morgan fingerprint density at radius 2 is 1.94 bits per heavy atom. The lowest BCUT2D eigenvalue weighted by Crippen LogP contribution is -2.53. The van der Waals surface area contributed by atoms with Crippen LogP contribution in [0.5, 0.6) is 0 Å². The Bertz CT molecular complexity index is 288. The predicted octanol–water partition coefficient (Wildman–Crippen LogP) is 0.137. The van der Waals surface area contributed by atoms with Gasteiger partial charge in [-0.3, -0.25) is 9.69 Å². The van der Waals surface area contributed by atoms with Crippen molar-refractivity contribution in [2.45, 2.75) is 26.3 Å². The summed E-state index contributed by atoms with van der Waals surface area (Å²) in [7, 11) is 0. The van der Waals surface area contributed by atoms with Crippen molar-refractivity contribution in [3.63, 3.8) is 0 Å². The molecule has 4 nitrogen and oxygen atoms in total. The second-order valence-corrected chi connectivity index (χ2v) is 5.04. The van der Waals surface area contributed by atoms with Gasteiger partial charge in [-0.2, -0.15) is 0 Å². The van der Waals surface area contributed by atoms with Crippen LogP contribution in [0.15, 0.2) is 0 Å². The topological polar surface area (TPSA) is 49.6 Å². The van der Waals surface area contributed by atoms with E-state index in [0.717, 1.165) is 32.6 Å². The van der Waals surface area contributed by atoms with E-state index in [9.17, 15) is 4.79 Å². The Hall–Kier alpha value is -1.05. The number of amides is 1. The molecule has 0 aromatic carbocycles. The molecule has 1 fully saturated rings. The van der Waals surface area contributed by atoms with Gasteiger partial charge in [0, 0.05) is 26.2 Å². The first-order chi connectivity index (χ1) is 8.04. The molecule has 2 N–H and O–H groups in total. The first-order valence-electron chi connectivity index (χ1n) is 6.24. The molecule has 1 heterocycles. The van der Waals surface area contributed by atoms with Gasteiger partial charge in [0.05, 0.1) is 12.6 Å². The molecule has 4 heteroatoms. The number of piperazine rings is 1. The van der Waals surface area contributed by atoms with E-state index in [0.29, 0.717) is 12.5 Å². The lowest BCUT2D eigenvalue weighted by Gasteiger charge is -2.35. The molecule has 1 saturated heterocycles. The van der Waals surface area contributed by atoms with Gasteiger partial charge in [-0.1, -0.05) is 19.8 Å². The average Bonchev–Trinajstić information content (AvgIpc) is 2.28. The molecule has 1 aliphatic heterocycles. The Labute approximate surface area is 104 Å². The molecule has 0 spiro atoms. The van der Waals surface area contributed by atoms with Crippen LogP contribution < -0.4 is 5.73 Å². The van der Waals surface area contributed by atoms with Crippen molar-refractivity contribution < 1.29 is 4.79 Å². The molecule has 0 aromatic rings. The number of hydrogen-bond donors (Lipinski definition) is 1. The van der Waals surface area contributed by atoms with E-state index in [-0.39, 0.29) is 11.9 Å². The van der Waals surface area contributed by atoms with Gasteiger partial charge in [-0.05, 0) is 12.3 Å². The van der Waals surface area contributed by atoms with Crippen molar-refractivity contribution in [3.8, 4) is 12.3 Å². The van der Waals surface area contributed by atoms with Gasteiger partial charge < -0.3 is 10.6 Å². The molecule has 1 aliphatic rings. The van der Waals surface area contributed by atoms with Gasteiger partial charge >= 0.3 is 0 Å². The van der Waals surface area contributed by atoms with Crippen LogP contribution >= 0.6 is 0 Å². The maximum Gasteiger partial charge on any atom is 0.239 e. The summed E-state index contributed by atoms with van der Waals surface area (Å²) < 4.78 is 0. The fourth-order valence-electron chi connectivity index (χ4n) is 2.10. The van der Waals surface area contributed by atoms with Gasteiger partial charge in [0.1, 0.15) is 0 Å². The van der Waals surface area contributed by atoms with Crippen molar-refractivity contribution >= 4 is 5.91 Å². The molecule has 1 rings (SSSR count). The van der Waals surface area contributed by atoms with Crippen LogP contribution in [-0.4, -0.2) is 54.5 Å². The Balaban J connectivity index is 2.38. The Kier molecular flexibility index (Phi) is 5.46. The van der Waals surface area contributed by atoms with Gasteiger partial charge in [0.25, 0.3) is 0 Å². The molecular weight excluding hydrogens is 214 g/mol. The highest BCUT2D eigenvalue weighted by Gasteiger charge is 2.25. The van der Waals surface area contributed by atoms with Crippen molar-refractivity contribution in [1.82, 2.24) is 9.80 Å². The van der Waals surface area contributed by atoms with Crippen molar-refractivity contribution in [2.75, 3.05) is 32.7 Å². The minimum absolute atomic E-state index is 0.0825. The number of hydrogen-bond acceptors (Lipinski definition) is 3. The number of nitrogens with two attached hydrogens (primary N) is 1. The van der Waals surface area contributed by atoms with Crippen LogP contribution in [0.3, 0.4) is 0 Å². The molecule has 0 unspecified atom stereocenters. The summed E-state index contributed by atoms with van der Waals surface area (Å²) in [6, 6.07) is -0.353. The van der Waals surface area contributed by atoms with Crippen molar-refractivity contribution in [3.05, 3.63) is 0 Å². The zero-order valence-corrected chi connectivity index (χ0v) is 10.9. The fourth-order valence-corrected chi connectivity index (χ4v) is 2.10. The second kappa shape index (κ2) is 6.63. The molecular formula is C13H23N3O. The van der Waals surface area contributed by atoms with Crippen LogP contribution in [0.4, 0.5) is 0 Å². The van der Waals surface area contributed by atoms with E-state index in [2.05, 4.69) is 24.7 Å². The predicted molar refractivity (Wildman–Crippen MR) is 69.3 cm³/mol. The second-order valence-electron chi connectivity index (χ2n) is 5.04. The zero-order chi connectivity index (χ0) is 12.8. The third-order valence-electron chi connectivity index (χ3n) is 3.04. The average molecular weight is 237 g/mol. The molecule has 0 aromatic heterocycles. The van der Waals surface area contributed by atoms with E-state index in [4.69, 9.17) is 12.2 Å². The van der Waals surface area contributed by atoms with Crippen LogP contribution in [0, 0.1) is 18.3 Å². The van der Waals surface area contributed by atoms with E-state index < -0.39 is 0 Å². The number of terminal acetylenes is 1. The lowest BCUT2D eigenvalue weighted by atomic mass is 10.0. The molecule has 0 aliphatic carbocycles. The van der Waals surface area contributed by atoms with E-state index in [1.165, 1.54) is 0 Å². The summed E-state index contributed by atoms with van der Waals surface area (Å²) >= 11 is 0. The molecule has 96 valence electrons. The maximum absolute atomic E-state index is 12.0. The maximum atomic E-state index is 12.0. The third-order valence-corrected chi connectivity index (χ3v) is 3.04. The van der Waals surface area contributed by atoms with Gasteiger partial charge in [-0.25, -0.2) is 0 Å². The van der Waals surface area contributed by atoms with Gasteiger partial charge in [0.2, 0.25) is 5.91 Å². The van der Waals surface area contributed by atoms with Crippen LogP contribution in [-0.2, 0) is 4.79 Å². The molecule has 0 radical (unpaired) electrons. The zero-order valence-electron chi connectivity index (χ0n) is 10.9. The normalized spacial score (nSPS) is 19.1. The first-order valence-corrected chi connectivity index (χ1v) is 6.24. The molecule has 17 heavy (non-hydrogen) atoms. The smallest absolute Gasteiger partial charge is 0.239 e. The highest BCUT2D eigenvalue weighted by molar-refractivity contribution is 5.81. The summed E-state index contributed by atoms with van der Waals surface area (Å²) in [5.74, 6) is 3.17. The number of rotatable bonds is 4. The standard InChI is InChI=1S/C13H23N3O/c1-4-5-15-6-8-16(9-7-15)13(17)12(14)10-11(2)3/h1,11-12H,5-10,14H2,2-3H3/t12-/m0/s1. The van der Waals surface area contributed by atoms with E-state index in [1.54, 1.807) is 0 Å². The number of carbonyl (C=O) groups excluding carboxylic acids is 1. The minimum Gasteiger partial charge on any atom is -0.339 e. The third kappa shape index (κ3) is 4.37. The monoisotopic (exact) mass is 237 g/mol. The quantitative estimate of drug-likeness (QED) is 0.708. The Morgan fingerprint density at radius 3 is 2.41 bits per heavy atom. The summed E-state index contributed by atoms with van der Waals surface area (Å²) in [4.78, 5) is 16.1.